The van der Waals surface area contributed by atoms with Gasteiger partial charge in [0, 0.05) is 59.0 Å². The van der Waals surface area contributed by atoms with Crippen molar-refractivity contribution in [1.29, 1.82) is 0 Å². The van der Waals surface area contributed by atoms with E-state index in [4.69, 9.17) is 0 Å². The summed E-state index contributed by atoms with van der Waals surface area (Å²) in [4.78, 5) is 5.09. The van der Waals surface area contributed by atoms with Crippen molar-refractivity contribution in [1.82, 2.24) is 10.3 Å². The van der Waals surface area contributed by atoms with Gasteiger partial charge in [-0.1, -0.05) is 15.9 Å². The number of hydrogen-bond donors (Lipinski definition) is 2. The smallest absolute Gasteiger partial charge is 0.265 e. The average Bonchev–Trinajstić information content (AvgIpc) is 2.82. The first-order valence-corrected chi connectivity index (χ1v) is 7.00. The first-order valence-electron chi connectivity index (χ1n) is 6.21. The van der Waals surface area contributed by atoms with Gasteiger partial charge in [0.05, 0.1) is 0 Å². The molecule has 3 nitrogen and oxygen atoms in total. The molecule has 3 rings (SSSR count). The van der Waals surface area contributed by atoms with E-state index in [0.29, 0.717) is 5.39 Å². The van der Waals surface area contributed by atoms with Crippen molar-refractivity contribution in [2.75, 3.05) is 31.1 Å². The van der Waals surface area contributed by atoms with Crippen molar-refractivity contribution >= 4 is 32.5 Å². The minimum atomic E-state index is -2.46. The van der Waals surface area contributed by atoms with E-state index >= 15 is 0 Å². The van der Waals surface area contributed by atoms with Crippen molar-refractivity contribution < 1.29 is 8.78 Å². The molecule has 102 valence electrons. The Labute approximate surface area is 118 Å². The lowest BCUT2D eigenvalue weighted by atomic mass is 10.1. The number of H-pyrrole nitrogens is 1. The van der Waals surface area contributed by atoms with E-state index in [-0.39, 0.29) is 5.56 Å². The van der Waals surface area contributed by atoms with Crippen molar-refractivity contribution in [3.8, 4) is 0 Å². The maximum absolute atomic E-state index is 13.1. The van der Waals surface area contributed by atoms with Gasteiger partial charge < -0.3 is 15.2 Å². The van der Waals surface area contributed by atoms with Gasteiger partial charge in [-0.2, -0.15) is 0 Å². The molecule has 0 unspecified atom stereocenters. The third kappa shape index (κ3) is 2.34. The lowest BCUT2D eigenvalue weighted by Crippen LogP contribution is -2.43. The van der Waals surface area contributed by atoms with Gasteiger partial charge in [0.2, 0.25) is 0 Å². The van der Waals surface area contributed by atoms with E-state index in [0.717, 1.165) is 41.9 Å². The van der Waals surface area contributed by atoms with Crippen LogP contribution in [-0.4, -0.2) is 31.2 Å². The summed E-state index contributed by atoms with van der Waals surface area (Å²) in [5, 5.41) is 3.91. The highest BCUT2D eigenvalue weighted by molar-refractivity contribution is 9.10. The lowest BCUT2D eigenvalue weighted by Gasteiger charge is -2.30. The van der Waals surface area contributed by atoms with E-state index in [1.54, 1.807) is 0 Å². The molecule has 1 aliphatic rings. The Hall–Kier alpha value is -1.14. The van der Waals surface area contributed by atoms with Crippen LogP contribution in [0.25, 0.3) is 10.9 Å². The second-order valence-electron chi connectivity index (χ2n) is 4.63. The molecule has 2 aromatic rings. The SMILES string of the molecule is FC(F)c1c[nH]c2cc(Br)cc(N3CCNCC3)c12. The molecule has 1 aromatic carbocycles. The molecule has 19 heavy (non-hydrogen) atoms. The highest BCUT2D eigenvalue weighted by Crippen LogP contribution is 2.37. The van der Waals surface area contributed by atoms with E-state index in [1.807, 2.05) is 12.1 Å². The molecule has 0 saturated carbocycles. The minimum Gasteiger partial charge on any atom is -0.368 e. The van der Waals surface area contributed by atoms with Gasteiger partial charge in [-0.05, 0) is 12.1 Å². The normalized spacial score (nSPS) is 16.5. The zero-order chi connectivity index (χ0) is 13.4. The van der Waals surface area contributed by atoms with Gasteiger partial charge >= 0.3 is 0 Å². The number of nitrogens with zero attached hydrogens (tertiary/aromatic N) is 1. The number of fused-ring (bicyclic) bond motifs is 1. The molecule has 1 aliphatic heterocycles. The molecule has 2 heterocycles. The summed E-state index contributed by atoms with van der Waals surface area (Å²) in [5.74, 6) is 0. The molecular formula is C13H14BrF2N3. The quantitative estimate of drug-likeness (QED) is 0.885. The fourth-order valence-corrected chi connectivity index (χ4v) is 3.01. The molecule has 1 aromatic heterocycles. The second-order valence-corrected chi connectivity index (χ2v) is 5.54. The molecule has 0 radical (unpaired) electrons. The standard InChI is InChI=1S/C13H14BrF2N3/c14-8-5-10-12(9(7-18-10)13(15)16)11(6-8)19-3-1-17-2-4-19/h5-7,13,17-18H,1-4H2. The average molecular weight is 330 g/mol. The Morgan fingerprint density at radius 3 is 2.63 bits per heavy atom. The van der Waals surface area contributed by atoms with E-state index in [1.165, 1.54) is 6.20 Å². The van der Waals surface area contributed by atoms with Crippen LogP contribution >= 0.6 is 15.9 Å². The summed E-state index contributed by atoms with van der Waals surface area (Å²) in [6.07, 6.45) is -1.05. The Morgan fingerprint density at radius 2 is 1.95 bits per heavy atom. The number of hydrogen-bond acceptors (Lipinski definition) is 2. The number of aromatic nitrogens is 1. The van der Waals surface area contributed by atoms with Gasteiger partial charge in [0.15, 0.2) is 0 Å². The van der Waals surface area contributed by atoms with Crippen LogP contribution in [0.2, 0.25) is 0 Å². The zero-order valence-electron chi connectivity index (χ0n) is 10.2. The molecule has 6 heteroatoms. The Bertz CT molecular complexity index is 591. The van der Waals surface area contributed by atoms with Crippen LogP contribution in [0.4, 0.5) is 14.5 Å². The molecule has 1 saturated heterocycles. The summed E-state index contributed by atoms with van der Waals surface area (Å²) in [6.45, 7) is 3.42. The predicted molar refractivity (Wildman–Crippen MR) is 76.0 cm³/mol. The van der Waals surface area contributed by atoms with Gasteiger partial charge in [-0.25, -0.2) is 8.78 Å². The number of benzene rings is 1. The zero-order valence-corrected chi connectivity index (χ0v) is 11.8. The summed E-state index contributed by atoms with van der Waals surface area (Å²) < 4.78 is 27.1. The van der Waals surface area contributed by atoms with Gasteiger partial charge in [-0.15, -0.1) is 0 Å². The molecular weight excluding hydrogens is 316 g/mol. The first-order chi connectivity index (χ1) is 9.16. The van der Waals surface area contributed by atoms with E-state index in [2.05, 4.69) is 31.1 Å². The molecule has 0 atom stereocenters. The van der Waals surface area contributed by atoms with Crippen molar-refractivity contribution in [2.24, 2.45) is 0 Å². The first kappa shape index (κ1) is 12.9. The van der Waals surface area contributed by atoms with E-state index in [9.17, 15) is 8.78 Å². The van der Waals surface area contributed by atoms with Crippen LogP contribution in [0.5, 0.6) is 0 Å². The van der Waals surface area contributed by atoms with Crippen molar-refractivity contribution in [2.45, 2.75) is 6.43 Å². The fraction of sp³-hybridized carbons (Fsp3) is 0.385. The molecule has 0 spiro atoms. The minimum absolute atomic E-state index is 0.0797. The number of halogens is 3. The van der Waals surface area contributed by atoms with Crippen LogP contribution in [0.3, 0.4) is 0 Å². The summed E-state index contributed by atoms with van der Waals surface area (Å²) in [6, 6.07) is 3.76. The second kappa shape index (κ2) is 5.09. The largest absolute Gasteiger partial charge is 0.368 e. The third-order valence-corrected chi connectivity index (χ3v) is 3.90. The van der Waals surface area contributed by atoms with Gasteiger partial charge in [-0.3, -0.25) is 0 Å². The monoisotopic (exact) mass is 329 g/mol. The molecule has 2 N–H and O–H groups in total. The van der Waals surface area contributed by atoms with E-state index < -0.39 is 6.43 Å². The highest BCUT2D eigenvalue weighted by atomic mass is 79.9. The maximum Gasteiger partial charge on any atom is 0.265 e. The van der Waals surface area contributed by atoms with Crippen LogP contribution in [0.1, 0.15) is 12.0 Å². The number of alkyl halides is 2. The summed E-state index contributed by atoms with van der Waals surface area (Å²) in [7, 11) is 0. The predicted octanol–water partition coefficient (Wildman–Crippen LogP) is 3.28. The summed E-state index contributed by atoms with van der Waals surface area (Å²) in [5.41, 5.74) is 1.71. The van der Waals surface area contributed by atoms with Crippen molar-refractivity contribution in [3.05, 3.63) is 28.4 Å². The molecule has 0 amide bonds. The van der Waals surface area contributed by atoms with Gasteiger partial charge in [0.1, 0.15) is 0 Å². The van der Waals surface area contributed by atoms with Gasteiger partial charge in [0.25, 0.3) is 6.43 Å². The van der Waals surface area contributed by atoms with Crippen molar-refractivity contribution in [3.63, 3.8) is 0 Å². The Morgan fingerprint density at radius 1 is 1.21 bits per heavy atom. The van der Waals surface area contributed by atoms with Crippen LogP contribution in [-0.2, 0) is 0 Å². The number of nitrogens with one attached hydrogen (secondary N) is 2. The highest BCUT2D eigenvalue weighted by Gasteiger charge is 2.21. The third-order valence-electron chi connectivity index (χ3n) is 3.45. The fourth-order valence-electron chi connectivity index (χ4n) is 2.56. The number of anilines is 1. The van der Waals surface area contributed by atoms with Crippen LogP contribution in [0.15, 0.2) is 22.8 Å². The number of rotatable bonds is 2. The number of aromatic amines is 1. The topological polar surface area (TPSA) is 31.1 Å². The Balaban J connectivity index is 2.17. The Kier molecular flexibility index (Phi) is 3.45. The number of piperazine rings is 1. The van der Waals surface area contributed by atoms with Crippen LogP contribution in [0, 0.1) is 0 Å². The van der Waals surface area contributed by atoms with Crippen LogP contribution < -0.4 is 10.2 Å². The maximum atomic E-state index is 13.1. The summed E-state index contributed by atoms with van der Waals surface area (Å²) >= 11 is 3.45. The lowest BCUT2D eigenvalue weighted by molar-refractivity contribution is 0.153. The molecule has 0 bridgehead atoms. The molecule has 0 aliphatic carbocycles. The molecule has 1 fully saturated rings.